The Labute approximate surface area is 374 Å². The van der Waals surface area contributed by atoms with Gasteiger partial charge in [-0.3, -0.25) is 0 Å². The number of nitrogens with zero attached hydrogens (tertiary/aromatic N) is 4. The van der Waals surface area contributed by atoms with E-state index in [4.69, 9.17) is 4.98 Å². The van der Waals surface area contributed by atoms with Gasteiger partial charge in [-0.05, 0) is 135 Å². The molecule has 11 rings (SSSR count). The molecule has 306 valence electrons. The van der Waals surface area contributed by atoms with E-state index in [0.29, 0.717) is 5.56 Å². The van der Waals surface area contributed by atoms with E-state index in [2.05, 4.69) is 221 Å². The molecule has 4 nitrogen and oxygen atoms in total. The highest BCUT2D eigenvalue weighted by Gasteiger charge is 2.25. The molecule has 0 aliphatic heterocycles. The van der Waals surface area contributed by atoms with Gasteiger partial charge in [0.25, 0.3) is 0 Å². The molecule has 0 N–H and O–H groups in total. The summed E-state index contributed by atoms with van der Waals surface area (Å²) >= 11 is 0. The third-order valence-electron chi connectivity index (χ3n) is 13.1. The lowest BCUT2D eigenvalue weighted by Gasteiger charge is -2.21. The highest BCUT2D eigenvalue weighted by molar-refractivity contribution is 6.13. The van der Waals surface area contributed by atoms with Crippen LogP contribution in [0.5, 0.6) is 0 Å². The molecule has 0 radical (unpaired) electrons. The first kappa shape index (κ1) is 38.9. The van der Waals surface area contributed by atoms with E-state index in [-0.39, 0.29) is 0 Å². The van der Waals surface area contributed by atoms with Crippen molar-refractivity contribution in [2.45, 2.75) is 41.5 Å². The van der Waals surface area contributed by atoms with Gasteiger partial charge in [0.15, 0.2) is 0 Å². The standard InChI is InChI=1S/C60H46N4/c1-36-27-38(3)58(39(4)28-36)44-23-25-48-46-17-10-12-21-52(46)63(54(48)33-44)56-31-42(35-61)32-57(60(56)51-20-14-19-50(62-51)43-15-8-7-9-16-43)64-53-22-13-11-18-47(53)49-26-24-45(34-55(49)64)59-40(5)29-37(2)30-41(59)6/h7-34H,1-6H3. The first-order valence-electron chi connectivity index (χ1n) is 22.0. The number of aromatic nitrogens is 3. The zero-order valence-electron chi connectivity index (χ0n) is 37.0. The Bertz CT molecular complexity index is 3500. The lowest BCUT2D eigenvalue weighted by Crippen LogP contribution is -2.06. The average Bonchev–Trinajstić information content (AvgIpc) is 3.80. The Kier molecular flexibility index (Phi) is 9.19. The van der Waals surface area contributed by atoms with Crippen LogP contribution in [0.2, 0.25) is 0 Å². The minimum Gasteiger partial charge on any atom is -0.308 e. The maximum Gasteiger partial charge on any atom is 0.0993 e. The molecule has 0 fully saturated rings. The fourth-order valence-corrected chi connectivity index (χ4v) is 10.7. The van der Waals surface area contributed by atoms with Gasteiger partial charge in [-0.2, -0.15) is 5.26 Å². The zero-order chi connectivity index (χ0) is 43.8. The highest BCUT2D eigenvalue weighted by Crippen LogP contribution is 2.44. The molecule has 3 heterocycles. The van der Waals surface area contributed by atoms with Gasteiger partial charge in [0.1, 0.15) is 0 Å². The Hall–Kier alpha value is -8.00. The van der Waals surface area contributed by atoms with E-state index >= 15 is 0 Å². The number of pyridine rings is 1. The Balaban J connectivity index is 1.30. The highest BCUT2D eigenvalue weighted by atomic mass is 15.0. The van der Waals surface area contributed by atoms with E-state index in [1.54, 1.807) is 0 Å². The smallest absolute Gasteiger partial charge is 0.0993 e. The van der Waals surface area contributed by atoms with Crippen LogP contribution in [0.3, 0.4) is 0 Å². The fraction of sp³-hybridized carbons (Fsp3) is 0.100. The Morgan fingerprint density at radius 2 is 0.812 bits per heavy atom. The van der Waals surface area contributed by atoms with Crippen LogP contribution in [0, 0.1) is 52.9 Å². The second-order valence-electron chi connectivity index (χ2n) is 17.5. The number of para-hydroxylation sites is 2. The summed E-state index contributed by atoms with van der Waals surface area (Å²) in [6, 6.07) is 63.5. The van der Waals surface area contributed by atoms with Crippen LogP contribution in [0.15, 0.2) is 170 Å². The molecule has 4 heteroatoms. The number of rotatable bonds is 6. The molecular weight excluding hydrogens is 777 g/mol. The zero-order valence-corrected chi connectivity index (χ0v) is 37.0. The molecule has 8 aromatic carbocycles. The monoisotopic (exact) mass is 822 g/mol. The van der Waals surface area contributed by atoms with E-state index < -0.39 is 0 Å². The fourth-order valence-electron chi connectivity index (χ4n) is 10.7. The molecule has 64 heavy (non-hydrogen) atoms. The van der Waals surface area contributed by atoms with Crippen molar-refractivity contribution in [1.82, 2.24) is 14.1 Å². The number of nitriles is 1. The quantitative estimate of drug-likeness (QED) is 0.168. The van der Waals surface area contributed by atoms with Crippen LogP contribution in [-0.2, 0) is 0 Å². The number of hydrogen-bond acceptors (Lipinski definition) is 2. The SMILES string of the molecule is Cc1cc(C)c(-c2ccc3c4ccccc4n(-c4cc(C#N)cc(-n5c6ccccc6c6ccc(-c7c(C)cc(C)cc7C)cc65)c4-c4cccc(-c5ccccc5)n4)c3c2)c(C)c1. The molecule has 11 aromatic rings. The molecule has 0 atom stereocenters. The number of benzene rings is 8. The normalized spacial score (nSPS) is 11.6. The number of aryl methyl sites for hydroxylation is 6. The van der Waals surface area contributed by atoms with Crippen molar-refractivity contribution in [2.75, 3.05) is 0 Å². The van der Waals surface area contributed by atoms with E-state index in [0.717, 1.165) is 88.6 Å². The third-order valence-corrected chi connectivity index (χ3v) is 13.1. The van der Waals surface area contributed by atoms with Gasteiger partial charge in [0.05, 0.1) is 56.5 Å². The summed E-state index contributed by atoms with van der Waals surface area (Å²) in [5.74, 6) is 0. The summed E-state index contributed by atoms with van der Waals surface area (Å²) in [5.41, 5.74) is 22.6. The first-order chi connectivity index (χ1) is 31.2. The summed E-state index contributed by atoms with van der Waals surface area (Å²) in [6.07, 6.45) is 0. The van der Waals surface area contributed by atoms with E-state index in [9.17, 15) is 5.26 Å². The molecule has 0 aliphatic rings. The molecular formula is C60H46N4. The lowest BCUT2D eigenvalue weighted by molar-refractivity contribution is 1.12. The molecule has 0 amide bonds. The number of fused-ring (bicyclic) bond motifs is 6. The largest absolute Gasteiger partial charge is 0.308 e. The topological polar surface area (TPSA) is 46.5 Å². The predicted molar refractivity (Wildman–Crippen MR) is 268 cm³/mol. The average molecular weight is 823 g/mol. The minimum atomic E-state index is 0.563. The van der Waals surface area contributed by atoms with Crippen LogP contribution in [0.4, 0.5) is 0 Å². The summed E-state index contributed by atoms with van der Waals surface area (Å²) in [7, 11) is 0. The summed E-state index contributed by atoms with van der Waals surface area (Å²) in [5, 5.41) is 15.6. The maximum absolute atomic E-state index is 11.1. The minimum absolute atomic E-state index is 0.563. The van der Waals surface area contributed by atoms with Crippen LogP contribution >= 0.6 is 0 Å². The van der Waals surface area contributed by atoms with Gasteiger partial charge in [0.2, 0.25) is 0 Å². The van der Waals surface area contributed by atoms with Crippen molar-refractivity contribution in [3.05, 3.63) is 209 Å². The van der Waals surface area contributed by atoms with Gasteiger partial charge >= 0.3 is 0 Å². The van der Waals surface area contributed by atoms with Crippen LogP contribution in [0.25, 0.3) is 99.8 Å². The van der Waals surface area contributed by atoms with Crippen molar-refractivity contribution in [2.24, 2.45) is 0 Å². The van der Waals surface area contributed by atoms with Gasteiger partial charge in [-0.1, -0.05) is 132 Å². The third kappa shape index (κ3) is 6.23. The van der Waals surface area contributed by atoms with E-state index in [1.807, 2.05) is 6.07 Å². The summed E-state index contributed by atoms with van der Waals surface area (Å²) in [4.78, 5) is 5.51. The number of hydrogen-bond donors (Lipinski definition) is 0. The molecule has 0 saturated heterocycles. The molecule has 0 aliphatic carbocycles. The Morgan fingerprint density at radius 3 is 1.30 bits per heavy atom. The summed E-state index contributed by atoms with van der Waals surface area (Å²) in [6.45, 7) is 13.2. The van der Waals surface area contributed by atoms with Crippen LogP contribution < -0.4 is 0 Å². The lowest BCUT2D eigenvalue weighted by atomic mass is 9.93. The van der Waals surface area contributed by atoms with Crippen molar-refractivity contribution in [3.8, 4) is 62.2 Å². The molecule has 0 unspecified atom stereocenters. The van der Waals surface area contributed by atoms with Crippen LogP contribution in [0.1, 0.15) is 38.9 Å². The van der Waals surface area contributed by atoms with Gasteiger partial charge in [0, 0.05) is 32.7 Å². The molecule has 3 aromatic heterocycles. The summed E-state index contributed by atoms with van der Waals surface area (Å²) < 4.78 is 4.75. The van der Waals surface area contributed by atoms with Crippen molar-refractivity contribution >= 4 is 43.6 Å². The van der Waals surface area contributed by atoms with Gasteiger partial charge in [-0.15, -0.1) is 0 Å². The van der Waals surface area contributed by atoms with Gasteiger partial charge in [-0.25, -0.2) is 4.98 Å². The Morgan fingerprint density at radius 1 is 0.375 bits per heavy atom. The van der Waals surface area contributed by atoms with Crippen molar-refractivity contribution < 1.29 is 0 Å². The molecule has 0 saturated carbocycles. The molecule has 0 spiro atoms. The molecule has 0 bridgehead atoms. The van der Waals surface area contributed by atoms with Crippen LogP contribution in [-0.4, -0.2) is 14.1 Å². The second-order valence-corrected chi connectivity index (χ2v) is 17.5. The predicted octanol–water partition coefficient (Wildman–Crippen LogP) is 15.7. The first-order valence-corrected chi connectivity index (χ1v) is 22.0. The van der Waals surface area contributed by atoms with Gasteiger partial charge < -0.3 is 9.13 Å². The van der Waals surface area contributed by atoms with E-state index in [1.165, 1.54) is 44.5 Å². The maximum atomic E-state index is 11.1. The van der Waals surface area contributed by atoms with Crippen molar-refractivity contribution in [3.63, 3.8) is 0 Å². The van der Waals surface area contributed by atoms with Crippen molar-refractivity contribution in [1.29, 1.82) is 5.26 Å². The second kappa shape index (κ2) is 15.1.